The van der Waals surface area contributed by atoms with Crippen LogP contribution in [0.4, 0.5) is 0 Å². The molecule has 1 aromatic carbocycles. The maximum Gasteiger partial charge on any atom is 0.311 e. The zero-order chi connectivity index (χ0) is 12.3. The standard InChI is InChI=1S/C14H18O3/c1-16-12-6-4-3-5-11(12)7-8-14(9-10-14)13(15)17-2/h3-6H,7-10H2,1-2H3. The van der Waals surface area contributed by atoms with Crippen molar-refractivity contribution in [1.82, 2.24) is 0 Å². The first-order chi connectivity index (χ1) is 8.22. The van der Waals surface area contributed by atoms with Crippen molar-refractivity contribution < 1.29 is 14.3 Å². The molecule has 1 aliphatic rings. The molecule has 0 heterocycles. The predicted molar refractivity (Wildman–Crippen MR) is 65.0 cm³/mol. The first-order valence-electron chi connectivity index (χ1n) is 5.92. The molecular weight excluding hydrogens is 216 g/mol. The number of aryl methyl sites for hydroxylation is 1. The van der Waals surface area contributed by atoms with E-state index in [9.17, 15) is 4.79 Å². The molecule has 0 saturated heterocycles. The molecule has 1 aliphatic carbocycles. The van der Waals surface area contributed by atoms with E-state index in [0.717, 1.165) is 37.0 Å². The summed E-state index contributed by atoms with van der Waals surface area (Å²) in [4.78, 5) is 11.6. The fourth-order valence-electron chi connectivity index (χ4n) is 2.21. The van der Waals surface area contributed by atoms with E-state index < -0.39 is 0 Å². The van der Waals surface area contributed by atoms with Crippen molar-refractivity contribution in [3.05, 3.63) is 29.8 Å². The molecule has 0 atom stereocenters. The van der Waals surface area contributed by atoms with Crippen LogP contribution in [0.2, 0.25) is 0 Å². The van der Waals surface area contributed by atoms with Crippen LogP contribution < -0.4 is 4.74 Å². The van der Waals surface area contributed by atoms with Crippen LogP contribution in [0.15, 0.2) is 24.3 Å². The van der Waals surface area contributed by atoms with Gasteiger partial charge in [0.05, 0.1) is 19.6 Å². The number of carbonyl (C=O) groups is 1. The molecule has 0 spiro atoms. The van der Waals surface area contributed by atoms with E-state index in [1.807, 2.05) is 24.3 Å². The highest BCUT2D eigenvalue weighted by Crippen LogP contribution is 2.50. The lowest BCUT2D eigenvalue weighted by Crippen LogP contribution is -2.18. The third-order valence-electron chi connectivity index (χ3n) is 3.54. The molecule has 0 radical (unpaired) electrons. The number of esters is 1. The highest BCUT2D eigenvalue weighted by molar-refractivity contribution is 5.79. The second kappa shape index (κ2) is 4.78. The van der Waals surface area contributed by atoms with E-state index in [0.29, 0.717) is 0 Å². The van der Waals surface area contributed by atoms with E-state index >= 15 is 0 Å². The van der Waals surface area contributed by atoms with Gasteiger partial charge in [0.1, 0.15) is 5.75 Å². The molecule has 92 valence electrons. The van der Waals surface area contributed by atoms with Gasteiger partial charge in [-0.1, -0.05) is 18.2 Å². The molecule has 1 fully saturated rings. The zero-order valence-electron chi connectivity index (χ0n) is 10.4. The number of rotatable bonds is 5. The summed E-state index contributed by atoms with van der Waals surface area (Å²) in [6.07, 6.45) is 3.61. The predicted octanol–water partition coefficient (Wildman–Crippen LogP) is 2.58. The van der Waals surface area contributed by atoms with Crippen LogP contribution in [-0.4, -0.2) is 20.2 Å². The van der Waals surface area contributed by atoms with Crippen LogP contribution in [-0.2, 0) is 16.0 Å². The number of ether oxygens (including phenoxy) is 2. The smallest absolute Gasteiger partial charge is 0.311 e. The quantitative estimate of drug-likeness (QED) is 0.734. The lowest BCUT2D eigenvalue weighted by Gasteiger charge is -2.13. The summed E-state index contributed by atoms with van der Waals surface area (Å²) < 4.78 is 10.2. The highest BCUT2D eigenvalue weighted by atomic mass is 16.5. The minimum Gasteiger partial charge on any atom is -0.496 e. The van der Waals surface area contributed by atoms with Gasteiger partial charge in [-0.3, -0.25) is 4.79 Å². The van der Waals surface area contributed by atoms with Crippen molar-refractivity contribution in [3.8, 4) is 5.75 Å². The fourth-order valence-corrected chi connectivity index (χ4v) is 2.21. The van der Waals surface area contributed by atoms with Crippen molar-refractivity contribution >= 4 is 5.97 Å². The Labute approximate surface area is 102 Å². The lowest BCUT2D eigenvalue weighted by atomic mass is 9.96. The minimum absolute atomic E-state index is 0.0626. The normalized spacial score (nSPS) is 16.4. The molecule has 3 nitrogen and oxygen atoms in total. The van der Waals surface area contributed by atoms with Crippen LogP contribution in [0.1, 0.15) is 24.8 Å². The van der Waals surface area contributed by atoms with Gasteiger partial charge in [0.15, 0.2) is 0 Å². The van der Waals surface area contributed by atoms with E-state index in [1.54, 1.807) is 7.11 Å². The van der Waals surface area contributed by atoms with Gasteiger partial charge in [0.25, 0.3) is 0 Å². The van der Waals surface area contributed by atoms with Gasteiger partial charge in [-0.2, -0.15) is 0 Å². The number of hydrogen-bond donors (Lipinski definition) is 0. The van der Waals surface area contributed by atoms with Gasteiger partial charge in [0, 0.05) is 0 Å². The Hall–Kier alpha value is -1.51. The largest absolute Gasteiger partial charge is 0.496 e. The molecule has 0 amide bonds. The average molecular weight is 234 g/mol. The number of benzene rings is 1. The number of hydrogen-bond acceptors (Lipinski definition) is 3. The minimum atomic E-state index is -0.213. The van der Waals surface area contributed by atoms with Crippen molar-refractivity contribution in [2.75, 3.05) is 14.2 Å². The molecule has 0 bridgehead atoms. The number of methoxy groups -OCH3 is 2. The van der Waals surface area contributed by atoms with E-state index in [1.165, 1.54) is 7.11 Å². The molecule has 2 rings (SSSR count). The van der Waals surface area contributed by atoms with Crippen molar-refractivity contribution in [3.63, 3.8) is 0 Å². The molecule has 0 aliphatic heterocycles. The lowest BCUT2D eigenvalue weighted by molar-refractivity contribution is -0.147. The Bertz CT molecular complexity index is 408. The molecule has 17 heavy (non-hydrogen) atoms. The summed E-state index contributed by atoms with van der Waals surface area (Å²) in [5.41, 5.74) is 0.945. The van der Waals surface area contributed by atoms with Gasteiger partial charge < -0.3 is 9.47 Å². The van der Waals surface area contributed by atoms with Crippen LogP contribution in [0, 0.1) is 5.41 Å². The maximum atomic E-state index is 11.6. The molecule has 1 saturated carbocycles. The van der Waals surface area contributed by atoms with E-state index in [-0.39, 0.29) is 11.4 Å². The van der Waals surface area contributed by atoms with Gasteiger partial charge in [-0.05, 0) is 37.3 Å². The highest BCUT2D eigenvalue weighted by Gasteiger charge is 2.50. The second-order valence-electron chi connectivity index (χ2n) is 4.58. The third-order valence-corrected chi connectivity index (χ3v) is 3.54. The molecule has 0 N–H and O–H groups in total. The summed E-state index contributed by atoms with van der Waals surface area (Å²) in [5.74, 6) is 0.834. The van der Waals surface area contributed by atoms with Crippen molar-refractivity contribution in [1.29, 1.82) is 0 Å². The summed E-state index contributed by atoms with van der Waals surface area (Å²) in [7, 11) is 3.14. The van der Waals surface area contributed by atoms with Crippen LogP contribution in [0.3, 0.4) is 0 Å². The van der Waals surface area contributed by atoms with Crippen LogP contribution in [0.5, 0.6) is 5.75 Å². The van der Waals surface area contributed by atoms with Crippen LogP contribution in [0.25, 0.3) is 0 Å². The summed E-state index contributed by atoms with van der Waals surface area (Å²) >= 11 is 0. The van der Waals surface area contributed by atoms with Gasteiger partial charge >= 0.3 is 5.97 Å². The third kappa shape index (κ3) is 2.43. The monoisotopic (exact) mass is 234 g/mol. The molecule has 0 aromatic heterocycles. The average Bonchev–Trinajstić information content (AvgIpc) is 3.17. The fraction of sp³-hybridized carbons (Fsp3) is 0.500. The summed E-state index contributed by atoms with van der Waals surface area (Å²) in [5, 5.41) is 0. The first kappa shape index (κ1) is 12.0. The van der Waals surface area contributed by atoms with Crippen LogP contribution >= 0.6 is 0 Å². The summed E-state index contributed by atoms with van der Waals surface area (Å²) in [6, 6.07) is 7.95. The topological polar surface area (TPSA) is 35.5 Å². The SMILES string of the molecule is COC(=O)C1(CCc2ccccc2OC)CC1. The molecule has 1 aromatic rings. The summed E-state index contributed by atoms with van der Waals surface area (Å²) in [6.45, 7) is 0. The van der Waals surface area contributed by atoms with Crippen molar-refractivity contribution in [2.24, 2.45) is 5.41 Å². The van der Waals surface area contributed by atoms with Gasteiger partial charge in [0.2, 0.25) is 0 Å². The molecular formula is C14H18O3. The Morgan fingerprint density at radius 3 is 2.59 bits per heavy atom. The maximum absolute atomic E-state index is 11.6. The number of carbonyl (C=O) groups excluding carboxylic acids is 1. The second-order valence-corrected chi connectivity index (χ2v) is 4.58. The van der Waals surface area contributed by atoms with Gasteiger partial charge in [-0.15, -0.1) is 0 Å². The number of para-hydroxylation sites is 1. The Balaban J connectivity index is 2.01. The Kier molecular flexibility index (Phi) is 3.36. The van der Waals surface area contributed by atoms with E-state index in [4.69, 9.17) is 9.47 Å². The molecule has 0 unspecified atom stereocenters. The van der Waals surface area contributed by atoms with Gasteiger partial charge in [-0.25, -0.2) is 0 Å². The Morgan fingerprint density at radius 2 is 2.00 bits per heavy atom. The van der Waals surface area contributed by atoms with Crippen molar-refractivity contribution in [2.45, 2.75) is 25.7 Å². The van der Waals surface area contributed by atoms with E-state index in [2.05, 4.69) is 0 Å². The first-order valence-corrected chi connectivity index (χ1v) is 5.92. The zero-order valence-corrected chi connectivity index (χ0v) is 10.4. The molecule has 3 heteroatoms. The Morgan fingerprint density at radius 1 is 1.29 bits per heavy atom.